The van der Waals surface area contributed by atoms with Gasteiger partial charge in [-0.3, -0.25) is 0 Å². The van der Waals surface area contributed by atoms with Crippen molar-refractivity contribution in [3.05, 3.63) is 46.5 Å². The molecule has 0 saturated carbocycles. The van der Waals surface area contributed by atoms with Crippen molar-refractivity contribution < 1.29 is 9.84 Å². The standard InChI is InChI=1S/C17H24ClN3O2/c1-17(2,22)12-21-16(19-15(20-21)11-23-3)6-4-5-13-7-9-14(18)10-8-13/h7-10,22H,4-6,11-12H2,1-3H3. The predicted molar refractivity (Wildman–Crippen MR) is 90.5 cm³/mol. The third-order valence-electron chi connectivity index (χ3n) is 3.38. The number of aryl methyl sites for hydroxylation is 2. The van der Waals surface area contributed by atoms with Crippen molar-refractivity contribution in [3.8, 4) is 0 Å². The largest absolute Gasteiger partial charge is 0.389 e. The lowest BCUT2D eigenvalue weighted by atomic mass is 10.1. The van der Waals surface area contributed by atoms with Crippen LogP contribution < -0.4 is 0 Å². The summed E-state index contributed by atoms with van der Waals surface area (Å²) in [6, 6.07) is 7.90. The number of ether oxygens (including phenoxy) is 1. The number of benzene rings is 1. The molecule has 1 aromatic carbocycles. The summed E-state index contributed by atoms with van der Waals surface area (Å²) in [5.74, 6) is 1.53. The molecule has 0 fully saturated rings. The highest BCUT2D eigenvalue weighted by molar-refractivity contribution is 6.30. The molecular formula is C17H24ClN3O2. The maximum atomic E-state index is 10.0. The third-order valence-corrected chi connectivity index (χ3v) is 3.63. The summed E-state index contributed by atoms with van der Waals surface area (Å²) in [6.45, 7) is 4.33. The molecule has 0 radical (unpaired) electrons. The van der Waals surface area contributed by atoms with E-state index in [1.54, 1.807) is 25.6 Å². The summed E-state index contributed by atoms with van der Waals surface area (Å²) < 4.78 is 6.89. The Morgan fingerprint density at radius 2 is 1.91 bits per heavy atom. The van der Waals surface area contributed by atoms with Gasteiger partial charge in [-0.2, -0.15) is 5.10 Å². The van der Waals surface area contributed by atoms with Crippen molar-refractivity contribution in [1.29, 1.82) is 0 Å². The molecule has 0 atom stereocenters. The van der Waals surface area contributed by atoms with Gasteiger partial charge >= 0.3 is 0 Å². The van der Waals surface area contributed by atoms with E-state index >= 15 is 0 Å². The van der Waals surface area contributed by atoms with Crippen molar-refractivity contribution >= 4 is 11.6 Å². The number of methoxy groups -OCH3 is 1. The monoisotopic (exact) mass is 337 g/mol. The van der Waals surface area contributed by atoms with Crippen LogP contribution in [0.25, 0.3) is 0 Å². The zero-order valence-electron chi connectivity index (χ0n) is 13.9. The van der Waals surface area contributed by atoms with Crippen molar-refractivity contribution in [3.63, 3.8) is 0 Å². The molecule has 0 saturated heterocycles. The Morgan fingerprint density at radius 1 is 1.22 bits per heavy atom. The number of halogens is 1. The molecular weight excluding hydrogens is 314 g/mol. The lowest BCUT2D eigenvalue weighted by molar-refractivity contribution is 0.0562. The van der Waals surface area contributed by atoms with E-state index in [9.17, 15) is 5.11 Å². The average Bonchev–Trinajstić information content (AvgIpc) is 2.81. The van der Waals surface area contributed by atoms with Gasteiger partial charge in [0, 0.05) is 18.6 Å². The van der Waals surface area contributed by atoms with Crippen LogP contribution in [0.1, 0.15) is 37.5 Å². The van der Waals surface area contributed by atoms with Crippen LogP contribution in [0, 0.1) is 0 Å². The number of rotatable bonds is 8. The van der Waals surface area contributed by atoms with Gasteiger partial charge in [-0.25, -0.2) is 9.67 Å². The van der Waals surface area contributed by atoms with Crippen LogP contribution in [0.15, 0.2) is 24.3 Å². The normalized spacial score (nSPS) is 11.9. The summed E-state index contributed by atoms with van der Waals surface area (Å²) >= 11 is 5.90. The number of aliphatic hydroxyl groups is 1. The van der Waals surface area contributed by atoms with Crippen molar-refractivity contribution in [2.45, 2.75) is 51.9 Å². The van der Waals surface area contributed by atoms with Gasteiger partial charge in [-0.15, -0.1) is 0 Å². The Bertz CT molecular complexity index is 618. The van der Waals surface area contributed by atoms with Gasteiger partial charge in [-0.1, -0.05) is 23.7 Å². The van der Waals surface area contributed by atoms with Crippen molar-refractivity contribution in [2.75, 3.05) is 7.11 Å². The molecule has 6 heteroatoms. The van der Waals surface area contributed by atoms with E-state index in [1.807, 2.05) is 24.3 Å². The lowest BCUT2D eigenvalue weighted by Crippen LogP contribution is -2.28. The predicted octanol–water partition coefficient (Wildman–Crippen LogP) is 3.02. The Hall–Kier alpha value is -1.43. The zero-order chi connectivity index (χ0) is 16.9. The molecule has 0 spiro atoms. The van der Waals surface area contributed by atoms with Gasteiger partial charge in [0.15, 0.2) is 5.82 Å². The highest BCUT2D eigenvalue weighted by atomic mass is 35.5. The summed E-state index contributed by atoms with van der Waals surface area (Å²) in [5, 5.41) is 15.2. The molecule has 1 heterocycles. The number of aromatic nitrogens is 3. The van der Waals surface area contributed by atoms with E-state index in [-0.39, 0.29) is 0 Å². The first-order valence-corrected chi connectivity index (χ1v) is 8.13. The van der Waals surface area contributed by atoms with E-state index in [0.717, 1.165) is 30.1 Å². The van der Waals surface area contributed by atoms with Crippen LogP contribution in [-0.2, 0) is 30.7 Å². The van der Waals surface area contributed by atoms with Gasteiger partial charge in [0.05, 0.1) is 12.1 Å². The molecule has 0 aliphatic heterocycles. The van der Waals surface area contributed by atoms with Crippen LogP contribution in [0.2, 0.25) is 5.02 Å². The summed E-state index contributed by atoms with van der Waals surface area (Å²) in [6.07, 6.45) is 2.71. The quantitative estimate of drug-likeness (QED) is 0.804. The minimum absolute atomic E-state index is 0.378. The highest BCUT2D eigenvalue weighted by Crippen LogP contribution is 2.14. The first-order chi connectivity index (χ1) is 10.9. The van der Waals surface area contributed by atoms with E-state index in [2.05, 4.69) is 10.1 Å². The Labute approximate surface area is 142 Å². The third kappa shape index (κ3) is 5.94. The number of hydrogen-bond donors (Lipinski definition) is 1. The first-order valence-electron chi connectivity index (χ1n) is 7.76. The van der Waals surface area contributed by atoms with E-state index in [4.69, 9.17) is 16.3 Å². The van der Waals surface area contributed by atoms with Gasteiger partial charge in [0.1, 0.15) is 12.4 Å². The molecule has 2 rings (SSSR count). The maximum Gasteiger partial charge on any atom is 0.176 e. The minimum Gasteiger partial charge on any atom is -0.389 e. The molecule has 0 unspecified atom stereocenters. The first kappa shape index (κ1) is 17.9. The highest BCUT2D eigenvalue weighted by Gasteiger charge is 2.18. The van der Waals surface area contributed by atoms with Gasteiger partial charge < -0.3 is 9.84 Å². The molecule has 1 aromatic heterocycles. The van der Waals surface area contributed by atoms with Gasteiger partial charge in [0.25, 0.3) is 0 Å². The summed E-state index contributed by atoms with van der Waals surface area (Å²) in [4.78, 5) is 4.52. The second kappa shape index (κ2) is 7.90. The fourth-order valence-corrected chi connectivity index (χ4v) is 2.52. The molecule has 0 aliphatic rings. The molecule has 5 nitrogen and oxygen atoms in total. The average molecular weight is 338 g/mol. The van der Waals surface area contributed by atoms with Gasteiger partial charge in [0.2, 0.25) is 0 Å². The van der Waals surface area contributed by atoms with Gasteiger partial charge in [-0.05, 0) is 44.4 Å². The second-order valence-electron chi connectivity index (χ2n) is 6.33. The Morgan fingerprint density at radius 3 is 2.52 bits per heavy atom. The minimum atomic E-state index is -0.830. The molecule has 0 aliphatic carbocycles. The van der Waals surface area contributed by atoms with Crippen molar-refractivity contribution in [1.82, 2.24) is 14.8 Å². The fraction of sp³-hybridized carbons (Fsp3) is 0.529. The number of nitrogens with zero attached hydrogens (tertiary/aromatic N) is 3. The second-order valence-corrected chi connectivity index (χ2v) is 6.76. The molecule has 0 bridgehead atoms. The van der Waals surface area contributed by atoms with E-state index < -0.39 is 5.60 Å². The van der Waals surface area contributed by atoms with E-state index in [1.165, 1.54) is 5.56 Å². The van der Waals surface area contributed by atoms with Crippen LogP contribution in [0.3, 0.4) is 0 Å². The molecule has 2 aromatic rings. The Kier molecular flexibility index (Phi) is 6.16. The van der Waals surface area contributed by atoms with Crippen LogP contribution in [-0.4, -0.2) is 32.6 Å². The zero-order valence-corrected chi connectivity index (χ0v) is 14.7. The molecule has 1 N–H and O–H groups in total. The Balaban J connectivity index is 2.00. The molecule has 0 amide bonds. The van der Waals surface area contributed by atoms with Crippen molar-refractivity contribution in [2.24, 2.45) is 0 Å². The van der Waals surface area contributed by atoms with Crippen LogP contribution in [0.5, 0.6) is 0 Å². The SMILES string of the molecule is COCc1nc(CCCc2ccc(Cl)cc2)n(CC(C)(C)O)n1. The summed E-state index contributed by atoms with van der Waals surface area (Å²) in [7, 11) is 1.62. The fourth-order valence-electron chi connectivity index (χ4n) is 2.40. The smallest absolute Gasteiger partial charge is 0.176 e. The molecule has 23 heavy (non-hydrogen) atoms. The summed E-state index contributed by atoms with van der Waals surface area (Å²) in [5.41, 5.74) is 0.420. The molecule has 126 valence electrons. The van der Waals surface area contributed by atoms with Crippen LogP contribution >= 0.6 is 11.6 Å². The van der Waals surface area contributed by atoms with E-state index in [0.29, 0.717) is 19.0 Å². The maximum absolute atomic E-state index is 10.0. The lowest BCUT2D eigenvalue weighted by Gasteiger charge is -2.18. The van der Waals surface area contributed by atoms with Crippen LogP contribution in [0.4, 0.5) is 0 Å². The number of hydrogen-bond acceptors (Lipinski definition) is 4. The topological polar surface area (TPSA) is 60.2 Å².